The smallest absolute Gasteiger partial charge is 0.235 e. The maximum absolute atomic E-state index is 12.3. The van der Waals surface area contributed by atoms with E-state index in [1.165, 1.54) is 12.8 Å². The van der Waals surface area contributed by atoms with Gasteiger partial charge in [0.1, 0.15) is 5.25 Å². The third-order valence-corrected chi connectivity index (χ3v) is 5.32. The molecular weight excluding hydrogens is 308 g/mol. The molecule has 5 heteroatoms. The van der Waals surface area contributed by atoms with Crippen LogP contribution in [0.15, 0.2) is 29.2 Å². The highest BCUT2D eigenvalue weighted by molar-refractivity contribution is 8.00. The number of hydrogen-bond acceptors (Lipinski definition) is 4. The quantitative estimate of drug-likeness (QED) is 0.742. The average molecular weight is 334 g/mol. The van der Waals surface area contributed by atoms with E-state index >= 15 is 0 Å². The number of carbonyl (C=O) groups is 2. The molecule has 1 N–H and O–H groups in total. The van der Waals surface area contributed by atoms with Gasteiger partial charge in [0, 0.05) is 24.9 Å². The van der Waals surface area contributed by atoms with Gasteiger partial charge in [-0.25, -0.2) is 0 Å². The number of carbonyl (C=O) groups excluding carboxylic acids is 2. The van der Waals surface area contributed by atoms with Crippen molar-refractivity contribution >= 4 is 29.1 Å². The summed E-state index contributed by atoms with van der Waals surface area (Å²) in [5, 5.41) is 2.55. The van der Waals surface area contributed by atoms with Crippen LogP contribution in [0, 0.1) is 0 Å². The van der Waals surface area contributed by atoms with Gasteiger partial charge in [0.25, 0.3) is 0 Å². The number of amides is 1. The van der Waals surface area contributed by atoms with E-state index in [0.29, 0.717) is 19.5 Å². The standard InChI is InChI=1S/C18H26N2O2S/c1-3-4-5-6-9-14(21)12-20-13-17(18(22)19-2)23-16-11-8-7-10-15(16)20/h7-8,10-11,17H,3-6,9,12-13H2,1-2H3,(H,19,22). The van der Waals surface area contributed by atoms with Crippen molar-refractivity contribution in [1.29, 1.82) is 0 Å². The van der Waals surface area contributed by atoms with Crippen LogP contribution in [0.4, 0.5) is 5.69 Å². The zero-order valence-electron chi connectivity index (χ0n) is 14.0. The highest BCUT2D eigenvalue weighted by atomic mass is 32.2. The van der Waals surface area contributed by atoms with Gasteiger partial charge in [-0.15, -0.1) is 11.8 Å². The second kappa shape index (κ2) is 8.96. The Morgan fingerprint density at radius 1 is 1.26 bits per heavy atom. The minimum Gasteiger partial charge on any atom is -0.362 e. The van der Waals surface area contributed by atoms with Crippen LogP contribution in [0.1, 0.15) is 39.0 Å². The average Bonchev–Trinajstić information content (AvgIpc) is 2.58. The van der Waals surface area contributed by atoms with E-state index in [1.54, 1.807) is 18.8 Å². The van der Waals surface area contributed by atoms with E-state index in [9.17, 15) is 9.59 Å². The molecule has 126 valence electrons. The molecule has 23 heavy (non-hydrogen) atoms. The van der Waals surface area contributed by atoms with E-state index in [2.05, 4.69) is 17.1 Å². The summed E-state index contributed by atoms with van der Waals surface area (Å²) in [5.41, 5.74) is 1.07. The maximum atomic E-state index is 12.3. The van der Waals surface area contributed by atoms with Gasteiger partial charge in [-0.1, -0.05) is 38.3 Å². The number of para-hydroxylation sites is 1. The second-order valence-corrected chi connectivity index (χ2v) is 7.16. The molecule has 0 spiro atoms. The normalized spacial score (nSPS) is 16.8. The molecule has 0 fully saturated rings. The van der Waals surface area contributed by atoms with Crippen molar-refractivity contribution in [3.63, 3.8) is 0 Å². The highest BCUT2D eigenvalue weighted by Gasteiger charge is 2.30. The van der Waals surface area contributed by atoms with Crippen molar-refractivity contribution in [2.75, 3.05) is 25.0 Å². The van der Waals surface area contributed by atoms with Gasteiger partial charge in [-0.3, -0.25) is 9.59 Å². The van der Waals surface area contributed by atoms with E-state index in [0.717, 1.165) is 23.4 Å². The molecule has 0 saturated carbocycles. The van der Waals surface area contributed by atoms with Gasteiger partial charge in [0.15, 0.2) is 5.78 Å². The second-order valence-electron chi connectivity index (χ2n) is 5.92. The fraction of sp³-hybridized carbons (Fsp3) is 0.556. The van der Waals surface area contributed by atoms with E-state index in [-0.39, 0.29) is 16.9 Å². The van der Waals surface area contributed by atoms with E-state index in [1.807, 2.05) is 24.3 Å². The molecule has 1 heterocycles. The minimum absolute atomic E-state index is 0.0184. The molecule has 1 aliphatic heterocycles. The van der Waals surface area contributed by atoms with Crippen LogP contribution in [-0.4, -0.2) is 37.1 Å². The summed E-state index contributed by atoms with van der Waals surface area (Å²) >= 11 is 1.58. The van der Waals surface area contributed by atoms with Crippen molar-refractivity contribution in [2.45, 2.75) is 49.2 Å². The summed E-state index contributed by atoms with van der Waals surface area (Å²) in [5.74, 6) is 0.281. The zero-order valence-corrected chi connectivity index (χ0v) is 14.8. The molecular formula is C18H26N2O2S. The number of nitrogens with zero attached hydrogens (tertiary/aromatic N) is 1. The number of ketones is 1. The van der Waals surface area contributed by atoms with Crippen LogP contribution in [0.25, 0.3) is 0 Å². The van der Waals surface area contributed by atoms with Gasteiger partial charge in [0.05, 0.1) is 12.2 Å². The first-order chi connectivity index (χ1) is 11.2. The molecule has 0 bridgehead atoms. The predicted molar refractivity (Wildman–Crippen MR) is 96.1 cm³/mol. The Labute approximate surface area is 143 Å². The Balaban J connectivity index is 2.01. The fourth-order valence-electron chi connectivity index (χ4n) is 2.80. The van der Waals surface area contributed by atoms with Crippen LogP contribution < -0.4 is 10.2 Å². The summed E-state index contributed by atoms with van der Waals surface area (Å²) < 4.78 is 0. The van der Waals surface area contributed by atoms with Gasteiger partial charge < -0.3 is 10.2 Å². The zero-order chi connectivity index (χ0) is 16.7. The first kappa shape index (κ1) is 17.9. The monoisotopic (exact) mass is 334 g/mol. The molecule has 1 unspecified atom stereocenters. The van der Waals surface area contributed by atoms with Crippen molar-refractivity contribution in [2.24, 2.45) is 0 Å². The number of fused-ring (bicyclic) bond motifs is 1. The summed E-state index contributed by atoms with van der Waals surface area (Å²) in [7, 11) is 1.66. The Kier molecular flexibility index (Phi) is 6.96. The molecule has 1 aromatic rings. The molecule has 1 atom stereocenters. The lowest BCUT2D eigenvalue weighted by molar-refractivity contribution is -0.120. The largest absolute Gasteiger partial charge is 0.362 e. The summed E-state index contributed by atoms with van der Waals surface area (Å²) in [6, 6.07) is 8.02. The van der Waals surface area contributed by atoms with Crippen LogP contribution >= 0.6 is 11.8 Å². The fourth-order valence-corrected chi connectivity index (χ4v) is 4.06. The lowest BCUT2D eigenvalue weighted by Gasteiger charge is -2.34. The summed E-state index contributed by atoms with van der Waals surface area (Å²) in [6.07, 6.45) is 5.09. The number of anilines is 1. The van der Waals surface area contributed by atoms with Crippen molar-refractivity contribution in [3.8, 4) is 0 Å². The molecule has 2 rings (SSSR count). The molecule has 0 aliphatic carbocycles. The van der Waals surface area contributed by atoms with Gasteiger partial charge in [-0.05, 0) is 18.6 Å². The van der Waals surface area contributed by atoms with Crippen LogP contribution in [0.2, 0.25) is 0 Å². The Bertz CT molecular complexity index is 548. The topological polar surface area (TPSA) is 49.4 Å². The van der Waals surface area contributed by atoms with Gasteiger partial charge >= 0.3 is 0 Å². The van der Waals surface area contributed by atoms with Crippen LogP contribution in [0.5, 0.6) is 0 Å². The third kappa shape index (κ3) is 4.99. The van der Waals surface area contributed by atoms with Crippen LogP contribution in [0.3, 0.4) is 0 Å². The number of thioether (sulfide) groups is 1. The SMILES string of the molecule is CCCCCCC(=O)CN1CC(C(=O)NC)Sc2ccccc21. The Morgan fingerprint density at radius 2 is 2.04 bits per heavy atom. The third-order valence-electron chi connectivity index (χ3n) is 4.08. The lowest BCUT2D eigenvalue weighted by Crippen LogP contribution is -2.44. The molecule has 1 amide bonds. The predicted octanol–water partition coefficient (Wildman–Crippen LogP) is 3.25. The number of unbranched alkanes of at least 4 members (excludes halogenated alkanes) is 3. The van der Waals surface area contributed by atoms with E-state index in [4.69, 9.17) is 0 Å². The first-order valence-electron chi connectivity index (χ1n) is 8.39. The molecule has 1 aromatic carbocycles. The molecule has 0 radical (unpaired) electrons. The van der Waals surface area contributed by atoms with E-state index < -0.39 is 0 Å². The first-order valence-corrected chi connectivity index (χ1v) is 9.27. The van der Waals surface area contributed by atoms with Crippen molar-refractivity contribution in [1.82, 2.24) is 5.32 Å². The summed E-state index contributed by atoms with van der Waals surface area (Å²) in [6.45, 7) is 3.16. The lowest BCUT2D eigenvalue weighted by atomic mass is 10.1. The number of Topliss-reactive ketones (excluding diaryl/α,β-unsaturated/α-hetero) is 1. The van der Waals surface area contributed by atoms with Crippen molar-refractivity contribution in [3.05, 3.63) is 24.3 Å². The highest BCUT2D eigenvalue weighted by Crippen LogP contribution is 2.38. The number of nitrogens with one attached hydrogen (secondary N) is 1. The Morgan fingerprint density at radius 3 is 2.78 bits per heavy atom. The molecule has 0 saturated heterocycles. The molecule has 0 aromatic heterocycles. The molecule has 4 nitrogen and oxygen atoms in total. The van der Waals surface area contributed by atoms with Crippen LogP contribution in [-0.2, 0) is 9.59 Å². The number of hydrogen-bond donors (Lipinski definition) is 1. The number of rotatable bonds is 8. The summed E-state index contributed by atoms with van der Waals surface area (Å²) in [4.78, 5) is 27.4. The molecule has 1 aliphatic rings. The minimum atomic E-state index is -0.164. The number of benzene rings is 1. The van der Waals surface area contributed by atoms with Crippen molar-refractivity contribution < 1.29 is 9.59 Å². The van der Waals surface area contributed by atoms with Gasteiger partial charge in [0.2, 0.25) is 5.91 Å². The van der Waals surface area contributed by atoms with Gasteiger partial charge in [-0.2, -0.15) is 0 Å². The Hall–Kier alpha value is -1.49. The maximum Gasteiger partial charge on any atom is 0.235 e.